The zero-order valence-corrected chi connectivity index (χ0v) is 33.5. The predicted octanol–water partition coefficient (Wildman–Crippen LogP) is -4.04. The first-order chi connectivity index (χ1) is 27.7. The molecule has 4 heterocycles. The Balaban J connectivity index is 1.73. The highest BCUT2D eigenvalue weighted by molar-refractivity contribution is 7.99. The monoisotopic (exact) mass is 846 g/mol. The molecule has 21 nitrogen and oxygen atoms in total. The molecule has 322 valence electrons. The lowest BCUT2D eigenvalue weighted by Crippen LogP contribution is -2.64. The van der Waals surface area contributed by atoms with Gasteiger partial charge in [0, 0.05) is 42.5 Å². The molecular formula is C37H50N8O13S. The fraction of sp³-hybridized carbons (Fsp3) is 0.568. The highest BCUT2D eigenvalue weighted by Gasteiger charge is 2.45. The number of rotatable bonds is 6. The third-order valence-corrected chi connectivity index (χ3v) is 11.6. The number of benzene rings is 1. The largest absolute Gasteiger partial charge is 0.479 e. The summed E-state index contributed by atoms with van der Waals surface area (Å²) >= 11 is 0.978. The Bertz CT molecular complexity index is 1990. The van der Waals surface area contributed by atoms with Gasteiger partial charge in [-0.3, -0.25) is 33.6 Å². The van der Waals surface area contributed by atoms with Gasteiger partial charge < -0.3 is 67.3 Å². The van der Waals surface area contributed by atoms with Gasteiger partial charge in [-0.1, -0.05) is 32.0 Å². The molecule has 3 aliphatic rings. The smallest absolute Gasteiger partial charge is 0.335 e. The number of aliphatic hydroxyl groups is 4. The van der Waals surface area contributed by atoms with Crippen LogP contribution in [0.3, 0.4) is 0 Å². The zero-order valence-electron chi connectivity index (χ0n) is 32.7. The maximum absolute atomic E-state index is 14.4. The molecule has 1 aromatic heterocycles. The number of aromatic nitrogens is 1. The molecule has 7 amide bonds. The van der Waals surface area contributed by atoms with Crippen molar-refractivity contribution in [2.45, 2.75) is 112 Å². The summed E-state index contributed by atoms with van der Waals surface area (Å²) in [7, 11) is 0. The van der Waals surface area contributed by atoms with Crippen molar-refractivity contribution in [3.8, 4) is 0 Å². The van der Waals surface area contributed by atoms with Gasteiger partial charge >= 0.3 is 5.97 Å². The van der Waals surface area contributed by atoms with E-state index in [2.05, 4.69) is 36.9 Å². The lowest BCUT2D eigenvalue weighted by Gasteiger charge is -2.32. The number of aliphatic carboxylic acids is 1. The van der Waals surface area contributed by atoms with Crippen LogP contribution in [0.25, 0.3) is 10.9 Å². The normalized spacial score (nSPS) is 29.5. The molecule has 0 saturated carbocycles. The van der Waals surface area contributed by atoms with E-state index in [4.69, 9.17) is 0 Å². The van der Waals surface area contributed by atoms with Gasteiger partial charge in [0.25, 0.3) is 0 Å². The van der Waals surface area contributed by atoms with E-state index >= 15 is 0 Å². The van der Waals surface area contributed by atoms with Crippen molar-refractivity contribution < 1.29 is 63.9 Å². The Hall–Kier alpha value is -5.29. The van der Waals surface area contributed by atoms with E-state index in [1.807, 2.05) is 0 Å². The van der Waals surface area contributed by atoms with E-state index in [-0.39, 0.29) is 25.1 Å². The SMILES string of the molecule is CC(C)[C@@H]1NC(=O)[C@H](C[C@@](C)(O)CO)NC(=O)[C@@H]2Cc3c([nH]c4ccccc34)SC[C@H](NC(=O)[C@@H]([C@H](O)C(=O)O)NC1=O)C(=O)N1C[C@@H](O)C[C@H]1C(=O)N[C@@H](C)C(=O)N2. The van der Waals surface area contributed by atoms with E-state index < -0.39 is 126 Å². The van der Waals surface area contributed by atoms with Gasteiger partial charge in [-0.2, -0.15) is 0 Å². The molecule has 5 rings (SSSR count). The fourth-order valence-electron chi connectivity index (χ4n) is 7.14. The summed E-state index contributed by atoms with van der Waals surface area (Å²) in [4.78, 5) is 114. The summed E-state index contributed by atoms with van der Waals surface area (Å²) in [6.45, 7) is 4.26. The van der Waals surface area contributed by atoms with E-state index in [0.29, 0.717) is 21.5 Å². The van der Waals surface area contributed by atoms with Crippen molar-refractivity contribution in [1.29, 1.82) is 0 Å². The molecule has 0 spiro atoms. The number of nitrogens with one attached hydrogen (secondary N) is 7. The van der Waals surface area contributed by atoms with Crippen LogP contribution < -0.4 is 31.9 Å². The number of thioether (sulfide) groups is 1. The molecule has 0 aliphatic carbocycles. The first-order valence-electron chi connectivity index (χ1n) is 19.0. The highest BCUT2D eigenvalue weighted by atomic mass is 32.2. The van der Waals surface area contributed by atoms with Crippen molar-refractivity contribution in [1.82, 2.24) is 41.8 Å². The number of aromatic amines is 1. The standard InChI is InChI=1S/C37H50N8O13S/c1-15(2)25-32(53)44-26(27(48)36(56)57)33(54)41-23-13-59-34-19(18-7-5-6-8-20(18)42-34)10-21(29(50)40-22(30(51)43-25)11-37(4,58)14-46)39-28(49)16(3)38-31(52)24-9-17(47)12-45(24)35(23)55/h5-8,15-17,21-27,42,46-48,58H,9-14H2,1-4H3,(H,38,52)(H,39,49)(H,40,50)(H,41,54)(H,43,51)(H,44,53)(H,56,57)/t16-,17-,21-,22-,23-,24-,25-,26+,27-,37+/m0/s1. The maximum Gasteiger partial charge on any atom is 0.335 e. The number of para-hydroxylation sites is 1. The fourth-order valence-corrected chi connectivity index (χ4v) is 8.25. The molecule has 0 radical (unpaired) electrons. The minimum Gasteiger partial charge on any atom is -0.479 e. The molecule has 3 aliphatic heterocycles. The Kier molecular flexibility index (Phi) is 13.9. The highest BCUT2D eigenvalue weighted by Crippen LogP contribution is 2.32. The van der Waals surface area contributed by atoms with Crippen LogP contribution in [0.4, 0.5) is 0 Å². The van der Waals surface area contributed by atoms with E-state index in [9.17, 15) is 63.9 Å². The van der Waals surface area contributed by atoms with Gasteiger partial charge in [-0.05, 0) is 31.4 Å². The van der Waals surface area contributed by atoms with Crippen LogP contribution in [0.15, 0.2) is 29.3 Å². The van der Waals surface area contributed by atoms with Crippen molar-refractivity contribution in [2.75, 3.05) is 18.9 Å². The van der Waals surface area contributed by atoms with Crippen molar-refractivity contribution >= 4 is 70.0 Å². The number of amides is 7. The number of aliphatic hydroxyl groups excluding tert-OH is 3. The van der Waals surface area contributed by atoms with Crippen molar-refractivity contribution in [3.63, 3.8) is 0 Å². The van der Waals surface area contributed by atoms with Gasteiger partial charge in [-0.25, -0.2) is 4.79 Å². The molecule has 12 N–H and O–H groups in total. The second-order valence-electron chi connectivity index (χ2n) is 15.7. The van der Waals surface area contributed by atoms with Gasteiger partial charge in [0.15, 0.2) is 6.10 Å². The maximum atomic E-state index is 14.4. The molecule has 1 fully saturated rings. The zero-order chi connectivity index (χ0) is 43.5. The Labute approximate surface area is 341 Å². The first-order valence-corrected chi connectivity index (χ1v) is 20.0. The summed E-state index contributed by atoms with van der Waals surface area (Å²) < 4.78 is 0. The third-order valence-electron chi connectivity index (χ3n) is 10.5. The van der Waals surface area contributed by atoms with Crippen LogP contribution in [0, 0.1) is 5.92 Å². The topological polar surface area (TPSA) is 329 Å². The number of carboxylic acids is 1. The summed E-state index contributed by atoms with van der Waals surface area (Å²) in [6, 6.07) is -4.38. The summed E-state index contributed by atoms with van der Waals surface area (Å²) in [5, 5.41) is 67.6. The quantitative estimate of drug-likeness (QED) is 0.132. The Morgan fingerprint density at radius 2 is 1.53 bits per heavy atom. The molecule has 1 saturated heterocycles. The number of H-pyrrole nitrogens is 1. The number of fused-ring (bicyclic) bond motifs is 5. The lowest BCUT2D eigenvalue weighted by atomic mass is 9.95. The molecule has 2 bridgehead atoms. The van der Waals surface area contributed by atoms with E-state index in [0.717, 1.165) is 16.7 Å². The minimum absolute atomic E-state index is 0.259. The molecule has 2 aromatic rings. The summed E-state index contributed by atoms with van der Waals surface area (Å²) in [6.07, 6.45) is -4.92. The molecule has 59 heavy (non-hydrogen) atoms. The second-order valence-corrected chi connectivity index (χ2v) is 16.7. The number of carboxylic acid groups (broad SMARTS) is 1. The third kappa shape index (κ3) is 10.3. The molecular weight excluding hydrogens is 797 g/mol. The molecule has 22 heteroatoms. The average molecular weight is 847 g/mol. The summed E-state index contributed by atoms with van der Waals surface area (Å²) in [5.41, 5.74) is -0.960. The van der Waals surface area contributed by atoms with Crippen molar-refractivity contribution in [2.24, 2.45) is 5.92 Å². The number of hydrogen-bond acceptors (Lipinski definition) is 13. The minimum atomic E-state index is -2.58. The number of carbonyl (C=O) groups is 8. The number of nitrogens with zero attached hydrogens (tertiary/aromatic N) is 1. The van der Waals surface area contributed by atoms with E-state index in [1.54, 1.807) is 24.3 Å². The Morgan fingerprint density at radius 1 is 0.881 bits per heavy atom. The van der Waals surface area contributed by atoms with Crippen LogP contribution in [-0.4, -0.2) is 162 Å². The van der Waals surface area contributed by atoms with Gasteiger partial charge in [0.05, 0.1) is 23.3 Å². The average Bonchev–Trinajstić information content (AvgIpc) is 3.74. The van der Waals surface area contributed by atoms with Crippen LogP contribution in [-0.2, 0) is 44.8 Å². The Morgan fingerprint density at radius 3 is 2.19 bits per heavy atom. The predicted molar refractivity (Wildman–Crippen MR) is 207 cm³/mol. The van der Waals surface area contributed by atoms with Gasteiger partial charge in [0.2, 0.25) is 41.4 Å². The van der Waals surface area contributed by atoms with Gasteiger partial charge in [0.1, 0.15) is 42.3 Å². The number of hydrogen-bond donors (Lipinski definition) is 12. The van der Waals surface area contributed by atoms with E-state index in [1.165, 1.54) is 27.7 Å². The molecule has 1 aromatic carbocycles. The lowest BCUT2D eigenvalue weighted by molar-refractivity contribution is -0.152. The van der Waals surface area contributed by atoms with Crippen LogP contribution in [0.5, 0.6) is 0 Å². The molecule has 0 unspecified atom stereocenters. The number of carbonyl (C=O) groups excluding carboxylic acids is 7. The second kappa shape index (κ2) is 18.3. The van der Waals surface area contributed by atoms with Crippen molar-refractivity contribution in [3.05, 3.63) is 29.8 Å². The first kappa shape index (κ1) is 44.8. The summed E-state index contributed by atoms with van der Waals surface area (Å²) in [5.74, 6) is -10.1. The van der Waals surface area contributed by atoms with Crippen LogP contribution in [0.2, 0.25) is 0 Å². The molecule has 10 atom stereocenters. The van der Waals surface area contributed by atoms with Gasteiger partial charge in [-0.15, -0.1) is 11.8 Å². The van der Waals surface area contributed by atoms with Crippen LogP contribution >= 0.6 is 11.8 Å². The van der Waals surface area contributed by atoms with Crippen LogP contribution in [0.1, 0.15) is 46.1 Å².